The van der Waals surface area contributed by atoms with Crippen LogP contribution in [0.4, 0.5) is 0 Å². The Kier molecular flexibility index (Phi) is 2.61. The molecule has 2 nitrogen and oxygen atoms in total. The molecular weight excluding hydrogens is 172 g/mol. The number of nitrogens with two attached hydrogens (primary N) is 1. The first-order valence-corrected chi connectivity index (χ1v) is 5.96. The van der Waals surface area contributed by atoms with Crippen LogP contribution in [0.25, 0.3) is 0 Å². The van der Waals surface area contributed by atoms with E-state index in [1.165, 1.54) is 25.8 Å². The number of hydrogen-bond donors (Lipinski definition) is 1. The highest BCUT2D eigenvalue weighted by Gasteiger charge is 2.39. The lowest BCUT2D eigenvalue weighted by molar-refractivity contribution is 0.163. The zero-order valence-electron chi connectivity index (χ0n) is 9.79. The van der Waals surface area contributed by atoms with Gasteiger partial charge in [0.25, 0.3) is 0 Å². The predicted octanol–water partition coefficient (Wildman–Crippen LogP) is 1.84. The Labute approximate surface area is 87.8 Å². The van der Waals surface area contributed by atoms with Crippen LogP contribution in [0.5, 0.6) is 0 Å². The molecule has 2 aliphatic rings. The van der Waals surface area contributed by atoms with Gasteiger partial charge in [-0.1, -0.05) is 20.8 Å². The summed E-state index contributed by atoms with van der Waals surface area (Å²) in [7, 11) is 0. The fraction of sp³-hybridized carbons (Fsp3) is 1.00. The van der Waals surface area contributed by atoms with E-state index in [2.05, 4.69) is 25.7 Å². The second-order valence-electron chi connectivity index (χ2n) is 6.26. The van der Waals surface area contributed by atoms with E-state index >= 15 is 0 Å². The Bertz CT molecular complexity index is 207. The van der Waals surface area contributed by atoms with Crippen molar-refractivity contribution in [1.29, 1.82) is 0 Å². The number of nitrogens with zero attached hydrogens (tertiary/aromatic N) is 1. The van der Waals surface area contributed by atoms with Crippen LogP contribution >= 0.6 is 0 Å². The highest BCUT2D eigenvalue weighted by atomic mass is 15.2. The molecule has 0 aromatic carbocycles. The average molecular weight is 196 g/mol. The van der Waals surface area contributed by atoms with Gasteiger partial charge in [0.15, 0.2) is 0 Å². The molecule has 3 atom stereocenters. The molecule has 0 amide bonds. The van der Waals surface area contributed by atoms with E-state index in [1.807, 2.05) is 0 Å². The van der Waals surface area contributed by atoms with Crippen LogP contribution in [0.15, 0.2) is 0 Å². The first kappa shape index (κ1) is 10.4. The summed E-state index contributed by atoms with van der Waals surface area (Å²) in [4.78, 5) is 2.63. The minimum absolute atomic E-state index is 0.252. The molecule has 2 unspecified atom stereocenters. The largest absolute Gasteiger partial charge is 0.326 e. The van der Waals surface area contributed by atoms with E-state index in [0.29, 0.717) is 6.04 Å². The summed E-state index contributed by atoms with van der Waals surface area (Å²) in [6.07, 6.45) is 4.32. The Morgan fingerprint density at radius 3 is 2.50 bits per heavy atom. The highest BCUT2D eigenvalue weighted by Crippen LogP contribution is 2.37. The Hall–Kier alpha value is -0.0800. The van der Waals surface area contributed by atoms with Crippen molar-refractivity contribution in [1.82, 2.24) is 4.90 Å². The maximum absolute atomic E-state index is 6.22. The standard InChI is InChI=1S/C12H24N2/c1-12(2,3)11(13)8-14-7-9-4-5-10(14)6-9/h9-11H,4-8,13H2,1-3H3/t9?,10?,11-/m1/s1. The van der Waals surface area contributed by atoms with E-state index in [-0.39, 0.29) is 5.41 Å². The molecule has 0 radical (unpaired) electrons. The van der Waals surface area contributed by atoms with Crippen molar-refractivity contribution in [3.05, 3.63) is 0 Å². The first-order chi connectivity index (χ1) is 6.47. The minimum atomic E-state index is 0.252. The van der Waals surface area contributed by atoms with Gasteiger partial charge in [-0.05, 0) is 30.6 Å². The molecule has 0 aromatic rings. The third-order valence-electron chi connectivity index (χ3n) is 4.07. The topological polar surface area (TPSA) is 29.3 Å². The second-order valence-corrected chi connectivity index (χ2v) is 6.26. The lowest BCUT2D eigenvalue weighted by Crippen LogP contribution is -2.47. The van der Waals surface area contributed by atoms with Gasteiger partial charge in [0.2, 0.25) is 0 Å². The molecule has 0 aromatic heterocycles. The molecule has 2 N–H and O–H groups in total. The summed E-state index contributed by atoms with van der Waals surface area (Å²) < 4.78 is 0. The van der Waals surface area contributed by atoms with Crippen LogP contribution in [0.1, 0.15) is 40.0 Å². The van der Waals surface area contributed by atoms with Crippen molar-refractivity contribution in [2.75, 3.05) is 13.1 Å². The lowest BCUT2D eigenvalue weighted by Gasteiger charge is -2.34. The molecule has 2 bridgehead atoms. The van der Waals surface area contributed by atoms with Gasteiger partial charge in [-0.15, -0.1) is 0 Å². The number of likely N-dealkylation sites (tertiary alicyclic amines) is 1. The maximum atomic E-state index is 6.22. The van der Waals surface area contributed by atoms with Crippen LogP contribution in [0.2, 0.25) is 0 Å². The normalized spacial score (nSPS) is 35.1. The van der Waals surface area contributed by atoms with Gasteiger partial charge < -0.3 is 5.73 Å². The SMILES string of the molecule is CC(C)(C)[C@H](N)CN1CC2CCC1C2. The summed E-state index contributed by atoms with van der Waals surface area (Å²) >= 11 is 0. The van der Waals surface area contributed by atoms with E-state index in [1.54, 1.807) is 0 Å². The molecular formula is C12H24N2. The minimum Gasteiger partial charge on any atom is -0.326 e. The van der Waals surface area contributed by atoms with E-state index in [9.17, 15) is 0 Å². The zero-order valence-corrected chi connectivity index (χ0v) is 9.79. The number of fused-ring (bicyclic) bond motifs is 2. The van der Waals surface area contributed by atoms with Crippen LogP contribution in [-0.2, 0) is 0 Å². The maximum Gasteiger partial charge on any atom is 0.0217 e. The molecule has 82 valence electrons. The monoisotopic (exact) mass is 196 g/mol. The lowest BCUT2D eigenvalue weighted by atomic mass is 9.87. The molecule has 2 rings (SSSR count). The molecule has 1 saturated heterocycles. The zero-order chi connectivity index (χ0) is 10.3. The second kappa shape index (κ2) is 3.49. The van der Waals surface area contributed by atoms with Gasteiger partial charge in [-0.2, -0.15) is 0 Å². The molecule has 2 heteroatoms. The van der Waals surface area contributed by atoms with Gasteiger partial charge >= 0.3 is 0 Å². The smallest absolute Gasteiger partial charge is 0.0217 e. The van der Waals surface area contributed by atoms with Gasteiger partial charge in [0.1, 0.15) is 0 Å². The molecule has 2 fully saturated rings. The highest BCUT2D eigenvalue weighted by molar-refractivity contribution is 4.94. The number of piperidine rings is 1. The molecule has 1 aliphatic heterocycles. The summed E-state index contributed by atoms with van der Waals surface area (Å²) in [5.41, 5.74) is 6.47. The van der Waals surface area contributed by atoms with E-state index in [4.69, 9.17) is 5.73 Å². The average Bonchev–Trinajstić information content (AvgIpc) is 2.62. The van der Waals surface area contributed by atoms with E-state index in [0.717, 1.165) is 18.5 Å². The van der Waals surface area contributed by atoms with Crippen molar-refractivity contribution in [3.63, 3.8) is 0 Å². The fourth-order valence-electron chi connectivity index (χ4n) is 2.78. The van der Waals surface area contributed by atoms with Gasteiger partial charge in [-0.25, -0.2) is 0 Å². The summed E-state index contributed by atoms with van der Waals surface area (Å²) in [5.74, 6) is 0.993. The summed E-state index contributed by atoms with van der Waals surface area (Å²) in [6, 6.07) is 1.19. The van der Waals surface area contributed by atoms with Crippen LogP contribution in [0, 0.1) is 11.3 Å². The molecule has 1 saturated carbocycles. The molecule has 1 heterocycles. The van der Waals surface area contributed by atoms with Gasteiger partial charge in [-0.3, -0.25) is 4.90 Å². The van der Waals surface area contributed by atoms with Gasteiger partial charge in [0.05, 0.1) is 0 Å². The first-order valence-electron chi connectivity index (χ1n) is 5.96. The third kappa shape index (κ3) is 1.96. The van der Waals surface area contributed by atoms with Crippen molar-refractivity contribution in [3.8, 4) is 0 Å². The molecule has 14 heavy (non-hydrogen) atoms. The van der Waals surface area contributed by atoms with Crippen LogP contribution in [0.3, 0.4) is 0 Å². The molecule has 1 aliphatic carbocycles. The van der Waals surface area contributed by atoms with Crippen LogP contribution < -0.4 is 5.73 Å². The summed E-state index contributed by atoms with van der Waals surface area (Å²) in [6.45, 7) is 9.14. The van der Waals surface area contributed by atoms with Crippen molar-refractivity contribution < 1.29 is 0 Å². The van der Waals surface area contributed by atoms with Crippen molar-refractivity contribution >= 4 is 0 Å². The Balaban J connectivity index is 1.87. The van der Waals surface area contributed by atoms with Crippen molar-refractivity contribution in [2.24, 2.45) is 17.1 Å². The van der Waals surface area contributed by atoms with Crippen LogP contribution in [-0.4, -0.2) is 30.1 Å². The van der Waals surface area contributed by atoms with Crippen molar-refractivity contribution in [2.45, 2.75) is 52.1 Å². The Morgan fingerprint density at radius 2 is 2.07 bits per heavy atom. The third-order valence-corrected chi connectivity index (χ3v) is 4.07. The quantitative estimate of drug-likeness (QED) is 0.730. The fourth-order valence-corrected chi connectivity index (χ4v) is 2.78. The van der Waals surface area contributed by atoms with E-state index < -0.39 is 0 Å². The number of rotatable bonds is 2. The van der Waals surface area contributed by atoms with Gasteiger partial charge in [0, 0.05) is 25.2 Å². The summed E-state index contributed by atoms with van der Waals surface area (Å²) in [5, 5.41) is 0. The number of hydrogen-bond acceptors (Lipinski definition) is 2. The predicted molar refractivity (Wildman–Crippen MR) is 60.1 cm³/mol. The Morgan fingerprint density at radius 1 is 1.36 bits per heavy atom. The molecule has 0 spiro atoms.